The van der Waals surface area contributed by atoms with Crippen molar-refractivity contribution in [2.75, 3.05) is 24.5 Å². The Bertz CT molecular complexity index is 768. The van der Waals surface area contributed by atoms with E-state index < -0.39 is 0 Å². The number of amides is 1. The first-order valence-electron chi connectivity index (χ1n) is 9.81. The molecule has 0 unspecified atom stereocenters. The van der Waals surface area contributed by atoms with Crippen molar-refractivity contribution in [3.63, 3.8) is 0 Å². The van der Waals surface area contributed by atoms with Crippen LogP contribution in [0.3, 0.4) is 0 Å². The molecule has 3 heterocycles. The van der Waals surface area contributed by atoms with Gasteiger partial charge < -0.3 is 9.80 Å². The zero-order chi connectivity index (χ0) is 17.9. The largest absolute Gasteiger partial charge is 0.357 e. The molecule has 136 valence electrons. The summed E-state index contributed by atoms with van der Waals surface area (Å²) < 4.78 is 0. The summed E-state index contributed by atoms with van der Waals surface area (Å²) in [5, 5.41) is 0. The molecule has 26 heavy (non-hydrogen) atoms. The molecule has 0 radical (unpaired) electrons. The number of piperidine rings is 1. The number of pyridine rings is 1. The van der Waals surface area contributed by atoms with E-state index in [4.69, 9.17) is 4.98 Å². The first-order chi connectivity index (χ1) is 12.7. The number of likely N-dealkylation sites (tertiary alicyclic amines) is 1. The van der Waals surface area contributed by atoms with Crippen LogP contribution in [0.15, 0.2) is 42.6 Å². The minimum absolute atomic E-state index is 0.136. The van der Waals surface area contributed by atoms with Gasteiger partial charge in [-0.2, -0.15) is 0 Å². The van der Waals surface area contributed by atoms with Crippen LogP contribution in [0.2, 0.25) is 0 Å². The summed E-state index contributed by atoms with van der Waals surface area (Å²) in [4.78, 5) is 22.2. The number of nitrogens with zero attached hydrogens (tertiary/aromatic N) is 3. The molecule has 0 bridgehead atoms. The fraction of sp³-hybridized carbons (Fsp3) is 0.455. The molecule has 2 fully saturated rings. The average Bonchev–Trinajstić information content (AvgIpc) is 3.23. The van der Waals surface area contributed by atoms with Gasteiger partial charge in [0.2, 0.25) is 0 Å². The molecular weight excluding hydrogens is 322 g/mol. The molecule has 4 nitrogen and oxygen atoms in total. The molecule has 4 heteroatoms. The van der Waals surface area contributed by atoms with Crippen LogP contribution in [-0.2, 0) is 0 Å². The number of hydrogen-bond donors (Lipinski definition) is 0. The zero-order valence-corrected chi connectivity index (χ0v) is 15.5. The monoisotopic (exact) mass is 349 g/mol. The third-order valence-electron chi connectivity index (χ3n) is 5.71. The third-order valence-corrected chi connectivity index (χ3v) is 5.71. The number of carbonyl (C=O) groups excluding carboxylic acids is 1. The van der Waals surface area contributed by atoms with Crippen LogP contribution < -0.4 is 4.90 Å². The molecule has 4 rings (SSSR count). The van der Waals surface area contributed by atoms with Crippen LogP contribution >= 0.6 is 0 Å². The molecule has 0 aliphatic carbocycles. The smallest absolute Gasteiger partial charge is 0.254 e. The number of benzene rings is 1. The fourth-order valence-corrected chi connectivity index (χ4v) is 4.26. The van der Waals surface area contributed by atoms with Gasteiger partial charge in [-0.25, -0.2) is 4.98 Å². The van der Waals surface area contributed by atoms with Crippen LogP contribution in [0.4, 0.5) is 5.82 Å². The second-order valence-electron chi connectivity index (χ2n) is 7.47. The topological polar surface area (TPSA) is 36.4 Å². The molecule has 2 saturated heterocycles. The summed E-state index contributed by atoms with van der Waals surface area (Å²) in [5.41, 5.74) is 3.23. The highest BCUT2D eigenvalue weighted by molar-refractivity contribution is 5.94. The molecule has 2 aromatic rings. The highest BCUT2D eigenvalue weighted by Gasteiger charge is 2.30. The minimum Gasteiger partial charge on any atom is -0.357 e. The molecule has 2 aliphatic rings. The van der Waals surface area contributed by atoms with Crippen molar-refractivity contribution >= 4 is 11.7 Å². The Hall–Kier alpha value is -2.36. The van der Waals surface area contributed by atoms with Gasteiger partial charge >= 0.3 is 0 Å². The predicted molar refractivity (Wildman–Crippen MR) is 104 cm³/mol. The van der Waals surface area contributed by atoms with E-state index in [-0.39, 0.29) is 11.9 Å². The molecule has 1 amide bonds. The van der Waals surface area contributed by atoms with E-state index in [9.17, 15) is 4.79 Å². The van der Waals surface area contributed by atoms with Crippen LogP contribution in [0.1, 0.15) is 59.6 Å². The molecule has 1 aromatic heterocycles. The zero-order valence-electron chi connectivity index (χ0n) is 15.5. The van der Waals surface area contributed by atoms with Crippen molar-refractivity contribution in [1.82, 2.24) is 9.88 Å². The molecule has 0 saturated carbocycles. The molecule has 1 aromatic carbocycles. The van der Waals surface area contributed by atoms with Crippen LogP contribution in [0.25, 0.3) is 0 Å². The lowest BCUT2D eigenvalue weighted by molar-refractivity contribution is 0.0610. The Morgan fingerprint density at radius 2 is 1.77 bits per heavy atom. The van der Waals surface area contributed by atoms with Crippen molar-refractivity contribution < 1.29 is 4.79 Å². The second-order valence-corrected chi connectivity index (χ2v) is 7.47. The lowest BCUT2D eigenvalue weighted by Gasteiger charge is -2.37. The number of aromatic nitrogens is 1. The molecule has 0 N–H and O–H groups in total. The maximum atomic E-state index is 13.1. The quantitative estimate of drug-likeness (QED) is 0.826. The lowest BCUT2D eigenvalue weighted by Crippen LogP contribution is -2.38. The lowest BCUT2D eigenvalue weighted by atomic mass is 9.92. The highest BCUT2D eigenvalue weighted by Crippen LogP contribution is 2.34. The first-order valence-corrected chi connectivity index (χ1v) is 9.81. The van der Waals surface area contributed by atoms with E-state index in [1.165, 1.54) is 24.0 Å². The fourth-order valence-electron chi connectivity index (χ4n) is 4.26. The number of aryl methyl sites for hydroxylation is 1. The molecule has 0 spiro atoms. The summed E-state index contributed by atoms with van der Waals surface area (Å²) in [6.45, 7) is 5.20. The summed E-state index contributed by atoms with van der Waals surface area (Å²) in [5.74, 6) is 1.22. The van der Waals surface area contributed by atoms with E-state index in [1.807, 2.05) is 36.5 Å². The van der Waals surface area contributed by atoms with Crippen LogP contribution in [0.5, 0.6) is 0 Å². The van der Waals surface area contributed by atoms with Gasteiger partial charge in [0.25, 0.3) is 5.91 Å². The van der Waals surface area contributed by atoms with Gasteiger partial charge in [0, 0.05) is 31.4 Å². The van der Waals surface area contributed by atoms with Gasteiger partial charge in [0.15, 0.2) is 0 Å². The van der Waals surface area contributed by atoms with Crippen LogP contribution in [0, 0.1) is 6.92 Å². The predicted octanol–water partition coefficient (Wildman–Crippen LogP) is 4.36. The Balaban J connectivity index is 1.61. The molecule has 2 aliphatic heterocycles. The van der Waals surface area contributed by atoms with Gasteiger partial charge in [-0.1, -0.05) is 18.2 Å². The average molecular weight is 349 g/mol. The summed E-state index contributed by atoms with van der Waals surface area (Å²) in [6.07, 6.45) is 7.79. The Morgan fingerprint density at radius 3 is 2.50 bits per heavy atom. The van der Waals surface area contributed by atoms with E-state index in [1.54, 1.807) is 0 Å². The van der Waals surface area contributed by atoms with Crippen molar-refractivity contribution in [3.8, 4) is 0 Å². The van der Waals surface area contributed by atoms with Gasteiger partial charge in [0.05, 0.1) is 6.04 Å². The SMILES string of the molecule is Cc1cc(N2CCCC2)ncc1[C@H]1CCCCN1C(=O)c1ccccc1. The van der Waals surface area contributed by atoms with E-state index in [0.717, 1.165) is 50.3 Å². The van der Waals surface area contributed by atoms with E-state index >= 15 is 0 Å². The number of rotatable bonds is 3. The van der Waals surface area contributed by atoms with Crippen molar-refractivity contribution in [3.05, 3.63) is 59.3 Å². The van der Waals surface area contributed by atoms with Gasteiger partial charge in [-0.15, -0.1) is 0 Å². The number of carbonyl (C=O) groups is 1. The third kappa shape index (κ3) is 3.33. The first kappa shape index (κ1) is 17.1. The normalized spacial score (nSPS) is 20.4. The van der Waals surface area contributed by atoms with Crippen molar-refractivity contribution in [2.45, 2.75) is 45.1 Å². The van der Waals surface area contributed by atoms with Crippen LogP contribution in [-0.4, -0.2) is 35.4 Å². The Morgan fingerprint density at radius 1 is 1.04 bits per heavy atom. The summed E-state index contributed by atoms with van der Waals surface area (Å²) >= 11 is 0. The van der Waals surface area contributed by atoms with Gasteiger partial charge in [0.1, 0.15) is 5.82 Å². The van der Waals surface area contributed by atoms with Crippen molar-refractivity contribution in [1.29, 1.82) is 0 Å². The maximum absolute atomic E-state index is 13.1. The molecular formula is C22H27N3O. The summed E-state index contributed by atoms with van der Waals surface area (Å²) in [7, 11) is 0. The van der Waals surface area contributed by atoms with E-state index in [0.29, 0.717) is 0 Å². The van der Waals surface area contributed by atoms with Gasteiger partial charge in [-0.3, -0.25) is 4.79 Å². The minimum atomic E-state index is 0.136. The number of hydrogen-bond acceptors (Lipinski definition) is 3. The standard InChI is InChI=1S/C22H27N3O/c1-17-15-21(24-12-7-8-13-24)23-16-19(17)20-11-5-6-14-25(20)22(26)18-9-3-2-4-10-18/h2-4,9-10,15-16,20H,5-8,11-14H2,1H3/t20-/m1/s1. The molecule has 1 atom stereocenters. The highest BCUT2D eigenvalue weighted by atomic mass is 16.2. The Kier molecular flexibility index (Phi) is 4.91. The Labute approximate surface area is 155 Å². The van der Waals surface area contributed by atoms with Crippen molar-refractivity contribution in [2.24, 2.45) is 0 Å². The van der Waals surface area contributed by atoms with Gasteiger partial charge in [-0.05, 0) is 68.4 Å². The summed E-state index contributed by atoms with van der Waals surface area (Å²) in [6, 6.07) is 12.0. The second kappa shape index (κ2) is 7.48. The maximum Gasteiger partial charge on any atom is 0.254 e. The number of anilines is 1. The van der Waals surface area contributed by atoms with E-state index in [2.05, 4.69) is 22.8 Å².